The maximum absolute atomic E-state index is 5.06. The Morgan fingerprint density at radius 2 is 0.892 bits per heavy atom. The number of hydrogen-bond donors (Lipinski definition) is 1. The zero-order valence-corrected chi connectivity index (χ0v) is 22.7. The Morgan fingerprint density at radius 3 is 1.38 bits per heavy atom. The van der Waals surface area contributed by atoms with Crippen LogP contribution in [0, 0.1) is 0 Å². The maximum atomic E-state index is 5.06. The van der Waals surface area contributed by atoms with Gasteiger partial charge in [0.15, 0.2) is 0 Å². The lowest BCUT2D eigenvalue weighted by molar-refractivity contribution is 0.712. The molecule has 0 saturated carbocycles. The van der Waals surface area contributed by atoms with E-state index in [0.717, 1.165) is 36.8 Å². The molecule has 1 heterocycles. The Kier molecular flexibility index (Phi) is 9.24. The highest BCUT2D eigenvalue weighted by Gasteiger charge is 2.16. The van der Waals surface area contributed by atoms with Crippen LogP contribution in [0.15, 0.2) is 140 Å². The van der Waals surface area contributed by atoms with Crippen LogP contribution >= 0.6 is 15.8 Å². The van der Waals surface area contributed by atoms with E-state index in [2.05, 4.69) is 145 Å². The SMILES string of the molecule is c1ccc(P(CCNCc2cccc(CP(c3ccccc3)c3ccccc3)n2)c2ccccc2)cc1. The molecule has 4 aromatic carbocycles. The zero-order valence-electron chi connectivity index (χ0n) is 20.9. The molecule has 1 aromatic heterocycles. The summed E-state index contributed by atoms with van der Waals surface area (Å²) in [7, 11) is -0.877. The Balaban J connectivity index is 1.23. The van der Waals surface area contributed by atoms with Gasteiger partial charge in [0.25, 0.3) is 0 Å². The average molecular weight is 519 g/mol. The van der Waals surface area contributed by atoms with Gasteiger partial charge in [0.1, 0.15) is 0 Å². The smallest absolute Gasteiger partial charge is 0.0545 e. The molecule has 0 aliphatic carbocycles. The molecule has 0 aliphatic rings. The summed E-state index contributed by atoms with van der Waals surface area (Å²) < 4.78 is 0. The molecule has 4 heteroatoms. The molecule has 0 saturated heterocycles. The van der Waals surface area contributed by atoms with Gasteiger partial charge in [-0.05, 0) is 55.4 Å². The van der Waals surface area contributed by atoms with Crippen LogP contribution in [0.3, 0.4) is 0 Å². The first kappa shape index (κ1) is 25.5. The first-order valence-electron chi connectivity index (χ1n) is 12.8. The van der Waals surface area contributed by atoms with Crippen molar-refractivity contribution in [2.24, 2.45) is 0 Å². The normalized spacial score (nSPS) is 11.2. The number of benzene rings is 4. The van der Waals surface area contributed by atoms with Crippen molar-refractivity contribution in [1.29, 1.82) is 0 Å². The topological polar surface area (TPSA) is 24.9 Å². The molecular formula is C33H32N2P2. The van der Waals surface area contributed by atoms with E-state index in [4.69, 9.17) is 4.98 Å². The number of hydrogen-bond acceptors (Lipinski definition) is 2. The van der Waals surface area contributed by atoms with Crippen molar-refractivity contribution in [3.8, 4) is 0 Å². The van der Waals surface area contributed by atoms with Crippen molar-refractivity contribution >= 4 is 37.1 Å². The minimum Gasteiger partial charge on any atom is -0.311 e. The van der Waals surface area contributed by atoms with Gasteiger partial charge in [0, 0.05) is 24.9 Å². The third-order valence-electron chi connectivity index (χ3n) is 6.27. The van der Waals surface area contributed by atoms with Gasteiger partial charge in [-0.3, -0.25) is 4.98 Å². The van der Waals surface area contributed by atoms with E-state index in [9.17, 15) is 0 Å². The molecule has 184 valence electrons. The van der Waals surface area contributed by atoms with Gasteiger partial charge < -0.3 is 5.32 Å². The molecule has 0 unspecified atom stereocenters. The van der Waals surface area contributed by atoms with Gasteiger partial charge in [-0.2, -0.15) is 0 Å². The lowest BCUT2D eigenvalue weighted by Gasteiger charge is -2.19. The predicted octanol–water partition coefficient (Wildman–Crippen LogP) is 5.94. The molecule has 0 aliphatic heterocycles. The van der Waals surface area contributed by atoms with Crippen LogP contribution in [0.25, 0.3) is 0 Å². The highest BCUT2D eigenvalue weighted by atomic mass is 31.1. The van der Waals surface area contributed by atoms with Crippen LogP contribution in [0.5, 0.6) is 0 Å². The second-order valence-corrected chi connectivity index (χ2v) is 13.4. The largest absolute Gasteiger partial charge is 0.311 e. The van der Waals surface area contributed by atoms with Crippen LogP contribution in [0.2, 0.25) is 0 Å². The standard InChI is InChI=1S/C33H32N2P2/c1-5-16-30(17-6-1)36(31-18-7-2-8-19-31)25-24-34-26-28-14-13-15-29(35-28)27-37(32-20-9-3-10-21-32)33-22-11-4-12-23-33/h1-23,34H,24-27H2. The summed E-state index contributed by atoms with van der Waals surface area (Å²) in [6.07, 6.45) is 2.06. The maximum Gasteiger partial charge on any atom is 0.0545 e. The summed E-state index contributed by atoms with van der Waals surface area (Å²) >= 11 is 0. The number of rotatable bonds is 11. The molecule has 2 nitrogen and oxygen atoms in total. The fourth-order valence-corrected chi connectivity index (χ4v) is 8.94. The van der Waals surface area contributed by atoms with E-state index in [-0.39, 0.29) is 7.92 Å². The van der Waals surface area contributed by atoms with Crippen LogP contribution < -0.4 is 26.5 Å². The van der Waals surface area contributed by atoms with E-state index in [1.165, 1.54) is 21.2 Å². The predicted molar refractivity (Wildman–Crippen MR) is 163 cm³/mol. The highest BCUT2D eigenvalue weighted by molar-refractivity contribution is 7.73. The van der Waals surface area contributed by atoms with E-state index >= 15 is 0 Å². The lowest BCUT2D eigenvalue weighted by Crippen LogP contribution is -2.23. The second-order valence-electron chi connectivity index (χ2n) is 8.88. The van der Waals surface area contributed by atoms with Crippen LogP contribution in [-0.4, -0.2) is 17.7 Å². The number of nitrogens with one attached hydrogen (secondary N) is 1. The molecule has 0 atom stereocenters. The first-order valence-corrected chi connectivity index (χ1v) is 15.8. The summed E-state index contributed by atoms with van der Waals surface area (Å²) in [5.41, 5.74) is 2.27. The summed E-state index contributed by atoms with van der Waals surface area (Å²) in [5.74, 6) is 0. The van der Waals surface area contributed by atoms with E-state index in [1.807, 2.05) is 0 Å². The van der Waals surface area contributed by atoms with Gasteiger partial charge in [-0.1, -0.05) is 127 Å². The third kappa shape index (κ3) is 7.21. The van der Waals surface area contributed by atoms with Gasteiger partial charge in [0.05, 0.1) is 5.69 Å². The second kappa shape index (κ2) is 13.4. The van der Waals surface area contributed by atoms with Crippen LogP contribution in [0.4, 0.5) is 0 Å². The molecule has 0 amide bonds. The average Bonchev–Trinajstić information content (AvgIpc) is 2.98. The summed E-state index contributed by atoms with van der Waals surface area (Å²) in [6.45, 7) is 1.75. The monoisotopic (exact) mass is 518 g/mol. The molecule has 5 rings (SSSR count). The quantitative estimate of drug-likeness (QED) is 0.173. The van der Waals surface area contributed by atoms with Gasteiger partial charge in [-0.25, -0.2) is 0 Å². The molecule has 0 radical (unpaired) electrons. The van der Waals surface area contributed by atoms with Crippen molar-refractivity contribution in [1.82, 2.24) is 10.3 Å². The van der Waals surface area contributed by atoms with Crippen molar-refractivity contribution in [3.05, 3.63) is 151 Å². The number of pyridine rings is 1. The third-order valence-corrected chi connectivity index (χ3v) is 11.3. The molecule has 0 fully saturated rings. The first-order chi connectivity index (χ1) is 18.4. The fraction of sp³-hybridized carbons (Fsp3) is 0.121. The van der Waals surface area contributed by atoms with Crippen LogP contribution in [0.1, 0.15) is 11.4 Å². The fourth-order valence-electron chi connectivity index (χ4n) is 4.46. The number of nitrogens with zero attached hydrogens (tertiary/aromatic N) is 1. The molecule has 37 heavy (non-hydrogen) atoms. The molecular weight excluding hydrogens is 486 g/mol. The Morgan fingerprint density at radius 1 is 0.459 bits per heavy atom. The Hall–Kier alpha value is -3.15. The molecule has 1 N–H and O–H groups in total. The summed E-state index contributed by atoms with van der Waals surface area (Å²) in [6, 6.07) is 50.1. The summed E-state index contributed by atoms with van der Waals surface area (Å²) in [5, 5.41) is 9.32. The summed E-state index contributed by atoms with van der Waals surface area (Å²) in [4.78, 5) is 5.06. The Bertz CT molecular complexity index is 1270. The highest BCUT2D eigenvalue weighted by Crippen LogP contribution is 2.37. The Labute approximate surface area is 223 Å². The van der Waals surface area contributed by atoms with Crippen molar-refractivity contribution in [3.63, 3.8) is 0 Å². The number of aromatic nitrogens is 1. The van der Waals surface area contributed by atoms with Gasteiger partial charge in [0.2, 0.25) is 0 Å². The van der Waals surface area contributed by atoms with E-state index in [0.29, 0.717) is 0 Å². The lowest BCUT2D eigenvalue weighted by atomic mass is 10.3. The van der Waals surface area contributed by atoms with E-state index < -0.39 is 7.92 Å². The minimum absolute atomic E-state index is 0.381. The molecule has 0 bridgehead atoms. The minimum atomic E-state index is -0.496. The van der Waals surface area contributed by atoms with Crippen molar-refractivity contribution in [2.75, 3.05) is 12.7 Å². The van der Waals surface area contributed by atoms with Gasteiger partial charge >= 0.3 is 0 Å². The molecule has 0 spiro atoms. The molecule has 5 aromatic rings. The van der Waals surface area contributed by atoms with E-state index in [1.54, 1.807) is 0 Å². The zero-order chi connectivity index (χ0) is 25.1. The van der Waals surface area contributed by atoms with Gasteiger partial charge in [-0.15, -0.1) is 0 Å². The van der Waals surface area contributed by atoms with Crippen LogP contribution in [-0.2, 0) is 12.7 Å². The van der Waals surface area contributed by atoms with Crippen molar-refractivity contribution < 1.29 is 0 Å². The van der Waals surface area contributed by atoms with Crippen molar-refractivity contribution in [2.45, 2.75) is 12.7 Å².